The molecule has 0 nitrogen and oxygen atoms in total. The van der Waals surface area contributed by atoms with Crippen molar-refractivity contribution in [2.75, 3.05) is 0 Å². The summed E-state index contributed by atoms with van der Waals surface area (Å²) < 4.78 is 3.55. The van der Waals surface area contributed by atoms with Gasteiger partial charge in [0.05, 0.1) is 0 Å². The average Bonchev–Trinajstić information content (AvgIpc) is 2.92. The van der Waals surface area contributed by atoms with Gasteiger partial charge in [-0.05, 0) is 0 Å². The first kappa shape index (κ1) is 21.7. The van der Waals surface area contributed by atoms with Gasteiger partial charge in [-0.25, -0.2) is 0 Å². The van der Waals surface area contributed by atoms with Crippen LogP contribution in [0, 0.1) is 11.8 Å². The predicted molar refractivity (Wildman–Crippen MR) is 106 cm³/mol. The Morgan fingerprint density at radius 3 is 1.83 bits per heavy atom. The molecular formula is C21H26Cl2Zr. The van der Waals surface area contributed by atoms with Gasteiger partial charge in [0.2, 0.25) is 0 Å². The van der Waals surface area contributed by atoms with Gasteiger partial charge in [0.15, 0.2) is 0 Å². The molecule has 128 valence electrons. The van der Waals surface area contributed by atoms with Gasteiger partial charge in [-0.15, -0.1) is 24.8 Å². The van der Waals surface area contributed by atoms with Crippen LogP contribution in [-0.2, 0) is 23.2 Å². The maximum absolute atomic E-state index is 2.48. The summed E-state index contributed by atoms with van der Waals surface area (Å²) in [6, 6.07) is 10.9. The van der Waals surface area contributed by atoms with E-state index in [4.69, 9.17) is 0 Å². The Balaban J connectivity index is 0.00000144. The Kier molecular flexibility index (Phi) is 7.99. The Morgan fingerprint density at radius 1 is 0.750 bits per heavy atom. The fourth-order valence-corrected chi connectivity index (χ4v) is 7.55. The fourth-order valence-electron chi connectivity index (χ4n) is 3.57. The second kappa shape index (κ2) is 8.84. The van der Waals surface area contributed by atoms with Crippen LogP contribution in [0.25, 0.3) is 5.57 Å². The molecule has 1 aromatic rings. The molecule has 3 rings (SSSR count). The zero-order valence-corrected chi connectivity index (χ0v) is 19.1. The molecule has 0 saturated heterocycles. The third kappa shape index (κ3) is 4.06. The maximum atomic E-state index is 2.48. The largest absolute Gasteiger partial charge is 0.147 e. The van der Waals surface area contributed by atoms with E-state index < -0.39 is 23.2 Å². The monoisotopic (exact) mass is 438 g/mol. The summed E-state index contributed by atoms with van der Waals surface area (Å²) in [5, 5.41) is 0. The second-order valence-electron chi connectivity index (χ2n) is 6.58. The van der Waals surface area contributed by atoms with Crippen LogP contribution in [0.5, 0.6) is 0 Å². The number of allylic oxidation sites excluding steroid dienone is 8. The van der Waals surface area contributed by atoms with E-state index in [0.717, 1.165) is 0 Å². The minimum atomic E-state index is -0.667. The molecule has 0 N–H and O–H groups in total. The van der Waals surface area contributed by atoms with Crippen LogP contribution in [0.15, 0.2) is 65.8 Å². The maximum Gasteiger partial charge on any atom is -0.147 e. The van der Waals surface area contributed by atoms with E-state index in [2.05, 4.69) is 77.1 Å². The van der Waals surface area contributed by atoms with Crippen LogP contribution in [-0.4, -0.2) is 0 Å². The molecule has 24 heavy (non-hydrogen) atoms. The number of hydrogen-bond acceptors (Lipinski definition) is 0. The summed E-state index contributed by atoms with van der Waals surface area (Å²) in [6.07, 6.45) is 4.93. The predicted octanol–water partition coefficient (Wildman–Crippen LogP) is 6.79. The van der Waals surface area contributed by atoms with Crippen LogP contribution in [0.4, 0.5) is 0 Å². The van der Waals surface area contributed by atoms with E-state index >= 15 is 0 Å². The molecule has 0 amide bonds. The Morgan fingerprint density at radius 2 is 1.29 bits per heavy atom. The van der Waals surface area contributed by atoms with E-state index in [9.17, 15) is 0 Å². The van der Waals surface area contributed by atoms with Crippen LogP contribution in [0.2, 0.25) is 0 Å². The van der Waals surface area contributed by atoms with Crippen LogP contribution in [0.1, 0.15) is 40.2 Å². The molecule has 2 unspecified atom stereocenters. The summed E-state index contributed by atoms with van der Waals surface area (Å²) in [6.45, 7) is 11.7. The topological polar surface area (TPSA) is 0 Å². The van der Waals surface area contributed by atoms with Gasteiger partial charge < -0.3 is 0 Å². The molecule has 2 aliphatic rings. The van der Waals surface area contributed by atoms with E-state index in [1.807, 2.05) is 0 Å². The van der Waals surface area contributed by atoms with E-state index in [1.54, 1.807) is 17.7 Å². The SMILES string of the molecule is CC1=CC(C)[C]([Zr][C]2=C(C)C(c3ccccc3)=CC2C)=C1C.Cl.Cl. The van der Waals surface area contributed by atoms with Gasteiger partial charge >= 0.3 is 147 Å². The van der Waals surface area contributed by atoms with Gasteiger partial charge in [-0.3, -0.25) is 0 Å². The zero-order valence-electron chi connectivity index (χ0n) is 15.0. The summed E-state index contributed by atoms with van der Waals surface area (Å²) in [5.41, 5.74) is 7.49. The molecule has 0 heterocycles. The third-order valence-electron chi connectivity index (χ3n) is 4.99. The molecule has 1 aromatic carbocycles. The van der Waals surface area contributed by atoms with Crippen molar-refractivity contribution in [3.8, 4) is 0 Å². The molecule has 0 fully saturated rings. The first-order valence-corrected chi connectivity index (χ1v) is 10.6. The van der Waals surface area contributed by atoms with E-state index in [1.165, 1.54) is 16.7 Å². The minimum Gasteiger partial charge on any atom is -0.147 e. The quantitative estimate of drug-likeness (QED) is 0.485. The normalized spacial score (nSPS) is 22.7. The fraction of sp³-hybridized carbons (Fsp3) is 0.333. The minimum absolute atomic E-state index is 0. The molecule has 2 aliphatic carbocycles. The summed E-state index contributed by atoms with van der Waals surface area (Å²) in [5.74, 6) is 1.29. The van der Waals surface area contributed by atoms with Crippen molar-refractivity contribution >= 4 is 30.4 Å². The molecule has 0 aliphatic heterocycles. The Hall–Kier alpha value is -0.357. The van der Waals surface area contributed by atoms with Crippen molar-refractivity contribution in [2.24, 2.45) is 11.8 Å². The standard InChI is InChI=1S/C13H13.C8H11.2ClH.Zr/c1-10-8-11(2)13(9-10)12-6-4-3-5-7-12;1-6-4-7(2)8(3)5-6;;;/h3-7,9-10H,1-2H3;4,6H,1-3H3;2*1H;. The summed E-state index contributed by atoms with van der Waals surface area (Å²) in [7, 11) is 0. The van der Waals surface area contributed by atoms with Crippen LogP contribution < -0.4 is 0 Å². The number of rotatable bonds is 3. The Bertz CT molecular complexity index is 723. The summed E-state index contributed by atoms with van der Waals surface area (Å²) >= 11 is -0.667. The van der Waals surface area contributed by atoms with Crippen molar-refractivity contribution < 1.29 is 23.2 Å². The average molecular weight is 441 g/mol. The van der Waals surface area contributed by atoms with Crippen molar-refractivity contribution in [1.29, 1.82) is 0 Å². The second-order valence-corrected chi connectivity index (χ2v) is 9.84. The molecule has 2 atom stereocenters. The van der Waals surface area contributed by atoms with Gasteiger partial charge in [-0.2, -0.15) is 0 Å². The van der Waals surface area contributed by atoms with Gasteiger partial charge in [0, 0.05) is 0 Å². The van der Waals surface area contributed by atoms with Crippen molar-refractivity contribution in [3.05, 3.63) is 71.3 Å². The van der Waals surface area contributed by atoms with Gasteiger partial charge in [0.25, 0.3) is 0 Å². The van der Waals surface area contributed by atoms with E-state index in [0.29, 0.717) is 11.8 Å². The summed E-state index contributed by atoms with van der Waals surface area (Å²) in [4.78, 5) is 0. The molecular weight excluding hydrogens is 414 g/mol. The molecule has 3 heteroatoms. The van der Waals surface area contributed by atoms with Crippen molar-refractivity contribution in [2.45, 2.75) is 34.6 Å². The van der Waals surface area contributed by atoms with Crippen molar-refractivity contribution in [1.82, 2.24) is 0 Å². The molecule has 0 radical (unpaired) electrons. The molecule has 0 aromatic heterocycles. The first-order chi connectivity index (χ1) is 10.5. The van der Waals surface area contributed by atoms with Crippen LogP contribution >= 0.6 is 24.8 Å². The van der Waals surface area contributed by atoms with Gasteiger partial charge in [-0.1, -0.05) is 0 Å². The molecule has 0 spiro atoms. The number of hydrogen-bond donors (Lipinski definition) is 0. The van der Waals surface area contributed by atoms with Crippen LogP contribution in [0.3, 0.4) is 0 Å². The first-order valence-electron chi connectivity index (χ1n) is 8.14. The number of halogens is 2. The molecule has 0 bridgehead atoms. The van der Waals surface area contributed by atoms with E-state index in [-0.39, 0.29) is 24.8 Å². The smallest absolute Gasteiger partial charge is 0.147 e. The molecule has 0 saturated carbocycles. The third-order valence-corrected chi connectivity index (χ3v) is 10.4. The van der Waals surface area contributed by atoms with Crippen molar-refractivity contribution in [3.63, 3.8) is 0 Å². The zero-order chi connectivity index (χ0) is 15.9. The number of benzene rings is 1. The van der Waals surface area contributed by atoms with Gasteiger partial charge in [0.1, 0.15) is 0 Å². The Labute approximate surface area is 170 Å².